The van der Waals surface area contributed by atoms with Crippen LogP contribution in [-0.4, -0.2) is 27.5 Å². The predicted octanol–water partition coefficient (Wildman–Crippen LogP) is 2.75. The number of hydrogen-bond acceptors (Lipinski definition) is 3. The predicted molar refractivity (Wildman–Crippen MR) is 60.4 cm³/mol. The summed E-state index contributed by atoms with van der Waals surface area (Å²) in [5.74, 6) is 1.75. The minimum atomic E-state index is -0.392. The third kappa shape index (κ3) is 3.02. The van der Waals surface area contributed by atoms with Crippen molar-refractivity contribution < 1.29 is 18.6 Å². The number of rotatable bonds is 6. The molecule has 16 heavy (non-hydrogen) atoms. The van der Waals surface area contributed by atoms with Crippen LogP contribution in [0.25, 0.3) is 0 Å². The van der Waals surface area contributed by atoms with Crippen molar-refractivity contribution in [2.24, 2.45) is 0 Å². The molecule has 0 unspecified atom stereocenters. The van der Waals surface area contributed by atoms with Gasteiger partial charge in [-0.15, -0.1) is 0 Å². The van der Waals surface area contributed by atoms with E-state index >= 15 is 0 Å². The topological polar surface area (TPSA) is 27.7 Å². The van der Waals surface area contributed by atoms with Crippen LogP contribution in [-0.2, 0) is 0 Å². The van der Waals surface area contributed by atoms with E-state index in [2.05, 4.69) is 0 Å². The quantitative estimate of drug-likeness (QED) is 0.701. The number of aryl methyl sites for hydroxylation is 1. The number of hydrogen-bond donors (Lipinski definition) is 0. The largest absolute Gasteiger partial charge is 0.493 e. The maximum atomic E-state index is 12.0. The first kappa shape index (κ1) is 12.6. The lowest BCUT2D eigenvalue weighted by molar-refractivity contribution is 0.258. The van der Waals surface area contributed by atoms with Crippen molar-refractivity contribution in [3.8, 4) is 17.2 Å². The molecule has 0 aliphatic heterocycles. The smallest absolute Gasteiger partial charge is 0.203 e. The van der Waals surface area contributed by atoms with Crippen molar-refractivity contribution in [2.75, 3.05) is 27.5 Å². The Kier molecular flexibility index (Phi) is 4.89. The average Bonchev–Trinajstić information content (AvgIpc) is 2.30. The van der Waals surface area contributed by atoms with Crippen LogP contribution in [0.4, 0.5) is 4.39 Å². The SMILES string of the molecule is COc1cc(C)cc(OC)c1OCCCF. The van der Waals surface area contributed by atoms with Crippen LogP contribution in [0.5, 0.6) is 17.2 Å². The highest BCUT2D eigenvalue weighted by molar-refractivity contribution is 5.53. The zero-order valence-corrected chi connectivity index (χ0v) is 9.88. The normalized spacial score (nSPS) is 10.0. The van der Waals surface area contributed by atoms with E-state index in [1.807, 2.05) is 19.1 Å². The van der Waals surface area contributed by atoms with Crippen LogP contribution < -0.4 is 14.2 Å². The number of halogens is 1. The summed E-state index contributed by atoms with van der Waals surface area (Å²) in [5.41, 5.74) is 1.02. The first-order chi connectivity index (χ1) is 7.72. The van der Waals surface area contributed by atoms with Gasteiger partial charge >= 0.3 is 0 Å². The highest BCUT2D eigenvalue weighted by Gasteiger charge is 2.12. The molecule has 0 fully saturated rings. The fraction of sp³-hybridized carbons (Fsp3) is 0.500. The monoisotopic (exact) mass is 228 g/mol. The average molecular weight is 228 g/mol. The van der Waals surface area contributed by atoms with Crippen molar-refractivity contribution in [3.05, 3.63) is 17.7 Å². The second-order valence-electron chi connectivity index (χ2n) is 3.39. The third-order valence-electron chi connectivity index (χ3n) is 2.13. The minimum absolute atomic E-state index is 0.312. The van der Waals surface area contributed by atoms with Crippen LogP contribution in [0.3, 0.4) is 0 Å². The number of ether oxygens (including phenoxy) is 3. The standard InChI is InChI=1S/C12H17FO3/c1-9-7-10(14-2)12(11(8-9)15-3)16-6-4-5-13/h7-8H,4-6H2,1-3H3. The first-order valence-electron chi connectivity index (χ1n) is 5.14. The van der Waals surface area contributed by atoms with Crippen LogP contribution in [0, 0.1) is 6.92 Å². The minimum Gasteiger partial charge on any atom is -0.493 e. The summed E-state index contributed by atoms with van der Waals surface area (Å²) in [4.78, 5) is 0. The van der Waals surface area contributed by atoms with Gasteiger partial charge in [-0.2, -0.15) is 0 Å². The van der Waals surface area contributed by atoms with Crippen LogP contribution in [0.15, 0.2) is 12.1 Å². The molecule has 3 nitrogen and oxygen atoms in total. The highest BCUT2D eigenvalue weighted by Crippen LogP contribution is 2.38. The van der Waals surface area contributed by atoms with Crippen molar-refractivity contribution in [1.29, 1.82) is 0 Å². The zero-order chi connectivity index (χ0) is 12.0. The van der Waals surface area contributed by atoms with E-state index in [4.69, 9.17) is 14.2 Å². The van der Waals surface area contributed by atoms with Crippen molar-refractivity contribution >= 4 is 0 Å². The van der Waals surface area contributed by atoms with Gasteiger partial charge in [0.05, 0.1) is 27.5 Å². The number of alkyl halides is 1. The van der Waals surface area contributed by atoms with Gasteiger partial charge in [0.1, 0.15) is 0 Å². The number of benzene rings is 1. The molecule has 1 aromatic carbocycles. The summed E-state index contributed by atoms with van der Waals surface area (Å²) in [6, 6.07) is 3.71. The molecular weight excluding hydrogens is 211 g/mol. The van der Waals surface area contributed by atoms with Crippen molar-refractivity contribution in [3.63, 3.8) is 0 Å². The Morgan fingerprint density at radius 2 is 1.69 bits per heavy atom. The highest BCUT2D eigenvalue weighted by atomic mass is 19.1. The molecule has 0 saturated heterocycles. The van der Waals surface area contributed by atoms with Crippen LogP contribution >= 0.6 is 0 Å². The van der Waals surface area contributed by atoms with Gasteiger partial charge in [-0.3, -0.25) is 4.39 Å². The molecule has 0 bridgehead atoms. The molecule has 0 aliphatic rings. The Morgan fingerprint density at radius 1 is 1.12 bits per heavy atom. The molecule has 4 heteroatoms. The van der Waals surface area contributed by atoms with E-state index in [1.165, 1.54) is 0 Å². The fourth-order valence-electron chi connectivity index (χ4n) is 1.38. The van der Waals surface area contributed by atoms with Crippen molar-refractivity contribution in [2.45, 2.75) is 13.3 Å². The maximum Gasteiger partial charge on any atom is 0.203 e. The van der Waals surface area contributed by atoms with E-state index in [9.17, 15) is 4.39 Å². The lowest BCUT2D eigenvalue weighted by Gasteiger charge is -2.14. The molecule has 1 rings (SSSR count). The summed E-state index contributed by atoms with van der Waals surface area (Å²) in [6.07, 6.45) is 0.361. The van der Waals surface area contributed by atoms with Gasteiger partial charge in [-0.05, 0) is 24.6 Å². The van der Waals surface area contributed by atoms with Crippen LogP contribution in [0.1, 0.15) is 12.0 Å². The molecular formula is C12H17FO3. The Bertz CT molecular complexity index is 314. The molecule has 0 spiro atoms. The summed E-state index contributed by atoms with van der Waals surface area (Å²) >= 11 is 0. The molecule has 90 valence electrons. The summed E-state index contributed by atoms with van der Waals surface area (Å²) in [6.45, 7) is 1.86. The van der Waals surface area contributed by atoms with E-state index in [0.29, 0.717) is 30.3 Å². The van der Waals surface area contributed by atoms with E-state index in [1.54, 1.807) is 14.2 Å². The molecule has 0 saturated carbocycles. The molecule has 1 aromatic rings. The Hall–Kier alpha value is -1.45. The van der Waals surface area contributed by atoms with Gasteiger partial charge in [0.2, 0.25) is 5.75 Å². The van der Waals surface area contributed by atoms with Gasteiger partial charge in [0, 0.05) is 6.42 Å². The summed E-state index contributed by atoms with van der Waals surface area (Å²) < 4.78 is 27.8. The van der Waals surface area contributed by atoms with Gasteiger partial charge in [0.25, 0.3) is 0 Å². The molecule has 0 atom stereocenters. The molecule has 0 aromatic heterocycles. The van der Waals surface area contributed by atoms with E-state index < -0.39 is 6.67 Å². The molecule has 0 heterocycles. The Morgan fingerprint density at radius 3 is 2.12 bits per heavy atom. The van der Waals surface area contributed by atoms with Gasteiger partial charge in [-0.25, -0.2) is 0 Å². The molecule has 0 N–H and O–H groups in total. The lowest BCUT2D eigenvalue weighted by Crippen LogP contribution is -2.02. The Balaban J connectivity index is 2.93. The second-order valence-corrected chi connectivity index (χ2v) is 3.39. The maximum absolute atomic E-state index is 12.0. The Labute approximate surface area is 95.1 Å². The molecule has 0 amide bonds. The van der Waals surface area contributed by atoms with Gasteiger partial charge in [-0.1, -0.05) is 0 Å². The second kappa shape index (κ2) is 6.20. The molecule has 0 radical (unpaired) electrons. The van der Waals surface area contributed by atoms with Gasteiger partial charge < -0.3 is 14.2 Å². The van der Waals surface area contributed by atoms with Crippen molar-refractivity contribution in [1.82, 2.24) is 0 Å². The number of methoxy groups -OCH3 is 2. The fourth-order valence-corrected chi connectivity index (χ4v) is 1.38. The first-order valence-corrected chi connectivity index (χ1v) is 5.14. The van der Waals surface area contributed by atoms with Gasteiger partial charge in [0.15, 0.2) is 11.5 Å². The third-order valence-corrected chi connectivity index (χ3v) is 2.13. The van der Waals surface area contributed by atoms with E-state index in [0.717, 1.165) is 5.56 Å². The molecule has 0 aliphatic carbocycles. The summed E-state index contributed by atoms with van der Waals surface area (Å²) in [7, 11) is 3.13. The summed E-state index contributed by atoms with van der Waals surface area (Å²) in [5, 5.41) is 0. The zero-order valence-electron chi connectivity index (χ0n) is 9.88. The van der Waals surface area contributed by atoms with Crippen LogP contribution in [0.2, 0.25) is 0 Å². The van der Waals surface area contributed by atoms with E-state index in [-0.39, 0.29) is 0 Å². The lowest BCUT2D eigenvalue weighted by atomic mass is 10.2.